The van der Waals surface area contributed by atoms with Crippen LogP contribution in [0.15, 0.2) is 12.1 Å². The van der Waals surface area contributed by atoms with E-state index in [-0.39, 0.29) is 24.2 Å². The second-order valence-corrected chi connectivity index (χ2v) is 4.90. The normalized spacial score (nSPS) is 13.8. The van der Waals surface area contributed by atoms with Gasteiger partial charge in [0.2, 0.25) is 5.91 Å². The SMILES string of the molecule is CCc1ccc(NC(=O)C2CC2)c(CC)c1CN.Cl. The largest absolute Gasteiger partial charge is 0.326 e. The fraction of sp³-hybridized carbons (Fsp3) is 0.533. The number of carbonyl (C=O) groups is 1. The predicted octanol–water partition coefficient (Wildman–Crippen LogP) is 3.04. The minimum atomic E-state index is 0. The topological polar surface area (TPSA) is 55.1 Å². The van der Waals surface area contributed by atoms with Crippen molar-refractivity contribution in [2.24, 2.45) is 11.7 Å². The number of hydrogen-bond donors (Lipinski definition) is 2. The lowest BCUT2D eigenvalue weighted by molar-refractivity contribution is -0.117. The van der Waals surface area contributed by atoms with Crippen LogP contribution in [0, 0.1) is 5.92 Å². The molecule has 3 nitrogen and oxygen atoms in total. The highest BCUT2D eigenvalue weighted by molar-refractivity contribution is 5.95. The minimum absolute atomic E-state index is 0. The molecular weight excluding hydrogens is 260 g/mol. The second kappa shape index (κ2) is 6.92. The van der Waals surface area contributed by atoms with Crippen molar-refractivity contribution in [3.63, 3.8) is 0 Å². The first-order chi connectivity index (χ1) is 8.71. The summed E-state index contributed by atoms with van der Waals surface area (Å²) in [5.74, 6) is 0.402. The lowest BCUT2D eigenvalue weighted by Gasteiger charge is -2.17. The first-order valence-electron chi connectivity index (χ1n) is 6.85. The van der Waals surface area contributed by atoms with Gasteiger partial charge in [-0.25, -0.2) is 0 Å². The number of rotatable bonds is 5. The van der Waals surface area contributed by atoms with Crippen molar-refractivity contribution < 1.29 is 4.79 Å². The Morgan fingerprint density at radius 1 is 1.26 bits per heavy atom. The number of aryl methyl sites for hydroxylation is 1. The number of carbonyl (C=O) groups excluding carboxylic acids is 1. The average Bonchev–Trinajstić information content (AvgIpc) is 3.22. The molecule has 0 radical (unpaired) electrons. The molecule has 0 atom stereocenters. The molecule has 19 heavy (non-hydrogen) atoms. The lowest BCUT2D eigenvalue weighted by Crippen LogP contribution is -2.16. The summed E-state index contributed by atoms with van der Waals surface area (Å²) in [6, 6.07) is 4.11. The molecule has 106 valence electrons. The van der Waals surface area contributed by atoms with Gasteiger partial charge in [-0.15, -0.1) is 12.4 Å². The number of halogens is 1. The molecule has 0 unspecified atom stereocenters. The van der Waals surface area contributed by atoms with Crippen LogP contribution in [0.5, 0.6) is 0 Å². The maximum atomic E-state index is 11.9. The van der Waals surface area contributed by atoms with Crippen LogP contribution >= 0.6 is 12.4 Å². The maximum absolute atomic E-state index is 11.9. The maximum Gasteiger partial charge on any atom is 0.227 e. The molecule has 1 aliphatic carbocycles. The van der Waals surface area contributed by atoms with Gasteiger partial charge in [-0.1, -0.05) is 19.9 Å². The Morgan fingerprint density at radius 3 is 2.42 bits per heavy atom. The fourth-order valence-corrected chi connectivity index (χ4v) is 2.43. The van der Waals surface area contributed by atoms with Crippen LogP contribution in [-0.4, -0.2) is 5.91 Å². The number of hydrogen-bond acceptors (Lipinski definition) is 2. The summed E-state index contributed by atoms with van der Waals surface area (Å²) in [5, 5.41) is 3.05. The van der Waals surface area contributed by atoms with E-state index < -0.39 is 0 Å². The van der Waals surface area contributed by atoms with Gasteiger partial charge in [-0.2, -0.15) is 0 Å². The van der Waals surface area contributed by atoms with Crippen molar-refractivity contribution in [2.45, 2.75) is 46.1 Å². The molecule has 0 spiro atoms. The summed E-state index contributed by atoms with van der Waals surface area (Å²) in [5.41, 5.74) is 10.5. The molecule has 1 saturated carbocycles. The molecule has 1 fully saturated rings. The molecule has 1 aromatic carbocycles. The predicted molar refractivity (Wildman–Crippen MR) is 81.7 cm³/mol. The summed E-state index contributed by atoms with van der Waals surface area (Å²) < 4.78 is 0. The quantitative estimate of drug-likeness (QED) is 0.872. The van der Waals surface area contributed by atoms with Crippen LogP contribution in [0.4, 0.5) is 5.69 Å². The van der Waals surface area contributed by atoms with Crippen molar-refractivity contribution in [1.82, 2.24) is 0 Å². The summed E-state index contributed by atoms with van der Waals surface area (Å²) in [6.45, 7) is 4.79. The van der Waals surface area contributed by atoms with Crippen molar-refractivity contribution in [1.29, 1.82) is 0 Å². The highest BCUT2D eigenvalue weighted by Gasteiger charge is 2.30. The van der Waals surface area contributed by atoms with E-state index in [4.69, 9.17) is 5.73 Å². The van der Waals surface area contributed by atoms with E-state index in [1.165, 1.54) is 16.7 Å². The van der Waals surface area contributed by atoms with E-state index in [0.717, 1.165) is 31.4 Å². The van der Waals surface area contributed by atoms with E-state index in [9.17, 15) is 4.79 Å². The van der Waals surface area contributed by atoms with Crippen LogP contribution in [0.2, 0.25) is 0 Å². The molecule has 4 heteroatoms. The first kappa shape index (κ1) is 16.0. The van der Waals surface area contributed by atoms with Crippen LogP contribution in [0.1, 0.15) is 43.4 Å². The van der Waals surface area contributed by atoms with E-state index in [1.54, 1.807) is 0 Å². The van der Waals surface area contributed by atoms with Gasteiger partial charge in [-0.05, 0) is 48.4 Å². The van der Waals surface area contributed by atoms with Gasteiger partial charge in [0, 0.05) is 18.2 Å². The Hall–Kier alpha value is -1.06. The molecule has 1 aromatic rings. The summed E-state index contributed by atoms with van der Waals surface area (Å²) in [6.07, 6.45) is 3.95. The summed E-state index contributed by atoms with van der Waals surface area (Å²) >= 11 is 0. The number of nitrogens with two attached hydrogens (primary N) is 1. The van der Waals surface area contributed by atoms with Crippen molar-refractivity contribution in [3.8, 4) is 0 Å². The Balaban J connectivity index is 0.00000180. The Kier molecular flexibility index (Phi) is 5.83. The van der Waals surface area contributed by atoms with Gasteiger partial charge in [0.1, 0.15) is 0 Å². The zero-order chi connectivity index (χ0) is 13.1. The third-order valence-electron chi connectivity index (χ3n) is 3.67. The van der Waals surface area contributed by atoms with Crippen molar-refractivity contribution >= 4 is 24.0 Å². The molecule has 1 amide bonds. The lowest BCUT2D eigenvalue weighted by atomic mass is 9.95. The van der Waals surface area contributed by atoms with E-state index in [0.29, 0.717) is 6.54 Å². The summed E-state index contributed by atoms with van der Waals surface area (Å²) in [4.78, 5) is 11.9. The number of nitrogens with one attached hydrogen (secondary N) is 1. The Bertz CT molecular complexity index is 456. The van der Waals surface area contributed by atoms with E-state index in [2.05, 4.69) is 25.2 Å². The molecule has 0 saturated heterocycles. The average molecular weight is 283 g/mol. The highest BCUT2D eigenvalue weighted by atomic mass is 35.5. The van der Waals surface area contributed by atoms with Crippen molar-refractivity contribution in [3.05, 3.63) is 28.8 Å². The van der Waals surface area contributed by atoms with Crippen LogP contribution in [0.3, 0.4) is 0 Å². The van der Waals surface area contributed by atoms with Crippen LogP contribution < -0.4 is 11.1 Å². The molecule has 0 heterocycles. The standard InChI is InChI=1S/C15H22N2O.ClH/c1-3-10-7-8-14(12(4-2)13(10)9-16)17-15(18)11-5-6-11;/h7-8,11H,3-6,9,16H2,1-2H3,(H,17,18);1H. The van der Waals surface area contributed by atoms with Gasteiger partial charge < -0.3 is 11.1 Å². The molecule has 3 N–H and O–H groups in total. The smallest absolute Gasteiger partial charge is 0.227 e. The zero-order valence-corrected chi connectivity index (χ0v) is 12.5. The number of amides is 1. The first-order valence-corrected chi connectivity index (χ1v) is 6.85. The number of benzene rings is 1. The minimum Gasteiger partial charge on any atom is -0.326 e. The molecule has 0 aliphatic heterocycles. The van der Waals surface area contributed by atoms with Gasteiger partial charge in [0.05, 0.1) is 0 Å². The molecule has 2 rings (SSSR count). The fourth-order valence-electron chi connectivity index (χ4n) is 2.43. The molecule has 0 aromatic heterocycles. The Labute approximate surface area is 121 Å². The highest BCUT2D eigenvalue weighted by Crippen LogP contribution is 2.32. The third kappa shape index (κ3) is 3.48. The van der Waals surface area contributed by atoms with Gasteiger partial charge in [0.15, 0.2) is 0 Å². The van der Waals surface area contributed by atoms with Gasteiger partial charge in [0.25, 0.3) is 0 Å². The molecule has 0 bridgehead atoms. The summed E-state index contributed by atoms with van der Waals surface area (Å²) in [7, 11) is 0. The van der Waals surface area contributed by atoms with Gasteiger partial charge >= 0.3 is 0 Å². The van der Waals surface area contributed by atoms with Crippen LogP contribution in [-0.2, 0) is 24.2 Å². The zero-order valence-electron chi connectivity index (χ0n) is 11.7. The number of anilines is 1. The van der Waals surface area contributed by atoms with E-state index >= 15 is 0 Å². The Morgan fingerprint density at radius 2 is 1.95 bits per heavy atom. The van der Waals surface area contributed by atoms with Crippen molar-refractivity contribution in [2.75, 3.05) is 5.32 Å². The van der Waals surface area contributed by atoms with Gasteiger partial charge in [-0.3, -0.25) is 4.79 Å². The third-order valence-corrected chi connectivity index (χ3v) is 3.67. The van der Waals surface area contributed by atoms with E-state index in [1.807, 2.05) is 6.07 Å². The molecular formula is C15H23ClN2O. The van der Waals surface area contributed by atoms with Crippen LogP contribution in [0.25, 0.3) is 0 Å². The second-order valence-electron chi connectivity index (χ2n) is 4.90. The molecule has 1 aliphatic rings. The monoisotopic (exact) mass is 282 g/mol.